The van der Waals surface area contributed by atoms with Crippen molar-refractivity contribution in [2.24, 2.45) is 0 Å². The third kappa shape index (κ3) is 4.12. The third-order valence-electron chi connectivity index (χ3n) is 2.39. The molecule has 2 aromatic rings. The second-order valence-electron chi connectivity index (χ2n) is 3.94. The van der Waals surface area contributed by atoms with Crippen LogP contribution in [-0.2, 0) is 17.5 Å². The highest BCUT2D eigenvalue weighted by Gasteiger charge is 2.35. The summed E-state index contributed by atoms with van der Waals surface area (Å²) in [7, 11) is 0. The highest BCUT2D eigenvalue weighted by molar-refractivity contribution is 7.15. The molecule has 0 saturated heterocycles. The fraction of sp³-hybridized carbons (Fsp3) is 0.273. The number of amides is 1. The predicted octanol–water partition coefficient (Wildman–Crippen LogP) is 1.75. The second kappa shape index (κ2) is 6.04. The molecule has 0 bridgehead atoms. The van der Waals surface area contributed by atoms with Crippen molar-refractivity contribution < 1.29 is 18.0 Å². The molecule has 1 N–H and O–H groups in total. The molecule has 21 heavy (non-hydrogen) atoms. The van der Waals surface area contributed by atoms with Crippen LogP contribution in [0.15, 0.2) is 29.2 Å². The molecule has 0 aromatic carbocycles. The number of anilines is 1. The third-order valence-corrected chi connectivity index (χ3v) is 3.28. The number of aryl methyl sites for hydroxylation is 1. The minimum absolute atomic E-state index is 0.0646. The summed E-state index contributed by atoms with van der Waals surface area (Å²) in [6.07, 6.45) is -3.13. The van der Waals surface area contributed by atoms with E-state index in [2.05, 4.69) is 15.5 Å². The Morgan fingerprint density at radius 2 is 2.10 bits per heavy atom. The molecule has 10 heteroatoms. The van der Waals surface area contributed by atoms with Gasteiger partial charge in [0.05, 0.1) is 0 Å². The first-order chi connectivity index (χ1) is 9.86. The van der Waals surface area contributed by atoms with E-state index in [0.717, 1.165) is 0 Å². The Hall–Kier alpha value is -2.23. The summed E-state index contributed by atoms with van der Waals surface area (Å²) < 4.78 is 38.2. The normalized spacial score (nSPS) is 11.4. The number of nitrogens with zero attached hydrogens (tertiary/aromatic N) is 3. The van der Waals surface area contributed by atoms with Gasteiger partial charge in [0.15, 0.2) is 0 Å². The van der Waals surface area contributed by atoms with Crippen molar-refractivity contribution in [3.8, 4) is 0 Å². The standard InChI is InChI=1S/C11H9F3N4O2S/c12-11(13,14)9-16-17-10(21-9)15-7(19)4-6-18-5-2-1-3-8(18)20/h1-3,5H,4,6H2,(H,15,17,19). The molecule has 2 heterocycles. The van der Waals surface area contributed by atoms with E-state index in [1.807, 2.05) is 0 Å². The van der Waals surface area contributed by atoms with Gasteiger partial charge in [-0.2, -0.15) is 13.2 Å². The summed E-state index contributed by atoms with van der Waals surface area (Å²) in [5.74, 6) is -0.546. The minimum Gasteiger partial charge on any atom is -0.315 e. The molecular formula is C11H9F3N4O2S. The van der Waals surface area contributed by atoms with E-state index in [9.17, 15) is 22.8 Å². The predicted molar refractivity (Wildman–Crippen MR) is 68.9 cm³/mol. The monoisotopic (exact) mass is 318 g/mol. The quantitative estimate of drug-likeness (QED) is 0.931. The van der Waals surface area contributed by atoms with Crippen molar-refractivity contribution in [2.75, 3.05) is 5.32 Å². The van der Waals surface area contributed by atoms with Crippen LogP contribution in [0, 0.1) is 0 Å². The van der Waals surface area contributed by atoms with Crippen LogP contribution in [0.5, 0.6) is 0 Å². The van der Waals surface area contributed by atoms with Crippen LogP contribution in [0.1, 0.15) is 11.4 Å². The number of carbonyl (C=O) groups is 1. The fourth-order valence-corrected chi connectivity index (χ4v) is 2.06. The maximum absolute atomic E-state index is 12.3. The van der Waals surface area contributed by atoms with Gasteiger partial charge in [-0.25, -0.2) is 0 Å². The van der Waals surface area contributed by atoms with Gasteiger partial charge in [-0.05, 0) is 6.07 Å². The Labute approximate surface area is 120 Å². The van der Waals surface area contributed by atoms with E-state index in [0.29, 0.717) is 0 Å². The first-order valence-electron chi connectivity index (χ1n) is 5.72. The largest absolute Gasteiger partial charge is 0.445 e. The number of pyridine rings is 1. The molecule has 0 aliphatic carbocycles. The van der Waals surface area contributed by atoms with Gasteiger partial charge in [0.2, 0.25) is 16.0 Å². The Bertz CT molecular complexity index is 695. The first kappa shape index (κ1) is 15.2. The van der Waals surface area contributed by atoms with Crippen molar-refractivity contribution in [3.63, 3.8) is 0 Å². The number of nitrogens with one attached hydrogen (secondary N) is 1. The minimum atomic E-state index is -4.59. The van der Waals surface area contributed by atoms with Crippen molar-refractivity contribution >= 4 is 22.4 Å². The van der Waals surface area contributed by atoms with Crippen LogP contribution in [0.2, 0.25) is 0 Å². The van der Waals surface area contributed by atoms with Gasteiger partial charge in [0.1, 0.15) is 0 Å². The lowest BCUT2D eigenvalue weighted by atomic mass is 10.4. The number of aromatic nitrogens is 3. The molecule has 0 radical (unpaired) electrons. The number of rotatable bonds is 4. The van der Waals surface area contributed by atoms with Gasteiger partial charge >= 0.3 is 6.18 Å². The van der Waals surface area contributed by atoms with Gasteiger partial charge in [0.25, 0.3) is 5.56 Å². The molecule has 0 fully saturated rings. The molecule has 0 saturated carbocycles. The number of carbonyl (C=O) groups excluding carboxylic acids is 1. The zero-order valence-corrected chi connectivity index (χ0v) is 11.2. The van der Waals surface area contributed by atoms with Gasteiger partial charge in [0, 0.05) is 25.2 Å². The highest BCUT2D eigenvalue weighted by Crippen LogP contribution is 2.32. The maximum atomic E-state index is 12.3. The van der Waals surface area contributed by atoms with E-state index in [-0.39, 0.29) is 35.0 Å². The lowest BCUT2D eigenvalue weighted by Crippen LogP contribution is -2.21. The average Bonchev–Trinajstić information content (AvgIpc) is 2.86. The summed E-state index contributed by atoms with van der Waals surface area (Å²) >= 11 is 0.245. The summed E-state index contributed by atoms with van der Waals surface area (Å²) in [6, 6.07) is 4.55. The molecular weight excluding hydrogens is 309 g/mol. The van der Waals surface area contributed by atoms with Crippen molar-refractivity contribution in [1.82, 2.24) is 14.8 Å². The van der Waals surface area contributed by atoms with Crippen LogP contribution in [0.4, 0.5) is 18.3 Å². The van der Waals surface area contributed by atoms with Crippen LogP contribution >= 0.6 is 11.3 Å². The molecule has 0 spiro atoms. The summed E-state index contributed by atoms with van der Waals surface area (Å²) in [5, 5.41) is 7.05. The number of hydrogen-bond acceptors (Lipinski definition) is 5. The van der Waals surface area contributed by atoms with Gasteiger partial charge < -0.3 is 9.88 Å². The second-order valence-corrected chi connectivity index (χ2v) is 4.92. The summed E-state index contributed by atoms with van der Waals surface area (Å²) in [5.41, 5.74) is -0.263. The van der Waals surface area contributed by atoms with E-state index < -0.39 is 17.1 Å². The number of alkyl halides is 3. The highest BCUT2D eigenvalue weighted by atomic mass is 32.1. The van der Waals surface area contributed by atoms with E-state index in [1.54, 1.807) is 12.1 Å². The summed E-state index contributed by atoms with van der Waals surface area (Å²) in [4.78, 5) is 23.0. The van der Waals surface area contributed by atoms with Gasteiger partial charge in [-0.15, -0.1) is 10.2 Å². The van der Waals surface area contributed by atoms with Crippen molar-refractivity contribution in [3.05, 3.63) is 39.8 Å². The molecule has 0 aliphatic heterocycles. The van der Waals surface area contributed by atoms with Gasteiger partial charge in [-0.1, -0.05) is 17.4 Å². The lowest BCUT2D eigenvalue weighted by Gasteiger charge is -2.04. The van der Waals surface area contributed by atoms with E-state index >= 15 is 0 Å². The van der Waals surface area contributed by atoms with Crippen LogP contribution in [0.3, 0.4) is 0 Å². The van der Waals surface area contributed by atoms with Crippen LogP contribution < -0.4 is 10.9 Å². The number of hydrogen-bond donors (Lipinski definition) is 1. The molecule has 0 atom stereocenters. The molecule has 1 amide bonds. The lowest BCUT2D eigenvalue weighted by molar-refractivity contribution is -0.138. The Morgan fingerprint density at radius 3 is 2.71 bits per heavy atom. The first-order valence-corrected chi connectivity index (χ1v) is 6.54. The Balaban J connectivity index is 1.92. The smallest absolute Gasteiger partial charge is 0.315 e. The molecule has 0 aliphatic rings. The topological polar surface area (TPSA) is 76.9 Å². The van der Waals surface area contributed by atoms with E-state index in [4.69, 9.17) is 0 Å². The van der Waals surface area contributed by atoms with Crippen molar-refractivity contribution in [2.45, 2.75) is 19.1 Å². The molecule has 112 valence electrons. The maximum Gasteiger partial charge on any atom is 0.445 e. The molecule has 2 aromatic heterocycles. The fourth-order valence-electron chi connectivity index (χ4n) is 1.44. The molecule has 0 unspecified atom stereocenters. The molecule has 2 rings (SSSR count). The summed E-state index contributed by atoms with van der Waals surface area (Å²) in [6.45, 7) is 0.121. The van der Waals surface area contributed by atoms with Crippen LogP contribution in [0.25, 0.3) is 0 Å². The van der Waals surface area contributed by atoms with E-state index in [1.165, 1.54) is 16.8 Å². The van der Waals surface area contributed by atoms with Gasteiger partial charge in [-0.3, -0.25) is 9.59 Å². The number of halogens is 3. The van der Waals surface area contributed by atoms with Crippen molar-refractivity contribution in [1.29, 1.82) is 0 Å². The molecule has 6 nitrogen and oxygen atoms in total. The average molecular weight is 318 g/mol. The Kier molecular flexibility index (Phi) is 4.36. The zero-order chi connectivity index (χ0) is 15.5. The van der Waals surface area contributed by atoms with Crippen LogP contribution in [-0.4, -0.2) is 20.7 Å². The zero-order valence-electron chi connectivity index (χ0n) is 10.4. The Morgan fingerprint density at radius 1 is 1.33 bits per heavy atom. The SMILES string of the molecule is O=C(CCn1ccccc1=O)Nc1nnc(C(F)(F)F)s1.